The summed E-state index contributed by atoms with van der Waals surface area (Å²) in [6.45, 7) is 9.68. The van der Waals surface area contributed by atoms with E-state index < -0.39 is 10.0 Å². The third-order valence-corrected chi connectivity index (χ3v) is 7.02. The molecule has 0 aliphatic heterocycles. The Morgan fingerprint density at radius 3 is 2.15 bits per heavy atom. The number of ether oxygens (including phenoxy) is 2. The van der Waals surface area contributed by atoms with Gasteiger partial charge in [0.1, 0.15) is 16.4 Å². The van der Waals surface area contributed by atoms with Crippen LogP contribution in [0.4, 0.5) is 5.69 Å². The molecule has 0 radical (unpaired) electrons. The molecule has 1 amide bonds. The van der Waals surface area contributed by atoms with Crippen molar-refractivity contribution in [2.45, 2.75) is 39.1 Å². The van der Waals surface area contributed by atoms with Crippen molar-refractivity contribution in [3.05, 3.63) is 48.0 Å². The van der Waals surface area contributed by atoms with Crippen molar-refractivity contribution in [3.63, 3.8) is 0 Å². The predicted octanol–water partition coefficient (Wildman–Crippen LogP) is 3.59. The van der Waals surface area contributed by atoms with Crippen molar-refractivity contribution < 1.29 is 22.7 Å². The van der Waals surface area contributed by atoms with Crippen LogP contribution in [0.2, 0.25) is 0 Å². The molecule has 9 heteroatoms. The van der Waals surface area contributed by atoms with Gasteiger partial charge >= 0.3 is 0 Å². The Bertz CT molecular complexity index is 1010. The van der Waals surface area contributed by atoms with E-state index in [2.05, 4.69) is 5.32 Å². The second-order valence-electron chi connectivity index (χ2n) is 7.48. The number of amides is 1. The number of anilines is 1. The molecule has 0 aliphatic carbocycles. The van der Waals surface area contributed by atoms with E-state index in [1.54, 1.807) is 32.9 Å². The molecule has 2 rings (SSSR count). The number of carbonyl (C=O) groups excluding carboxylic acids is 1. The lowest BCUT2D eigenvalue weighted by molar-refractivity contribution is -0.117. The van der Waals surface area contributed by atoms with Gasteiger partial charge in [-0.05, 0) is 56.8 Å². The molecule has 0 unspecified atom stereocenters. The molecule has 0 bridgehead atoms. The van der Waals surface area contributed by atoms with E-state index in [1.807, 2.05) is 43.1 Å². The highest BCUT2D eigenvalue weighted by Gasteiger charge is 2.26. The fraction of sp³-hybridized carbons (Fsp3) is 0.458. The smallest absolute Gasteiger partial charge is 0.246 e. The molecule has 182 valence electrons. The second kappa shape index (κ2) is 12.6. The molecule has 0 spiro atoms. The topological polar surface area (TPSA) is 88.2 Å². The van der Waals surface area contributed by atoms with E-state index in [-0.39, 0.29) is 23.1 Å². The third-order valence-electron chi connectivity index (χ3n) is 4.95. The van der Waals surface area contributed by atoms with Crippen molar-refractivity contribution in [3.8, 4) is 11.5 Å². The van der Waals surface area contributed by atoms with Crippen molar-refractivity contribution >= 4 is 21.6 Å². The van der Waals surface area contributed by atoms with Crippen LogP contribution in [0.3, 0.4) is 0 Å². The molecule has 0 aliphatic rings. The molecule has 0 aromatic heterocycles. The molecule has 1 N–H and O–H groups in total. The fourth-order valence-electron chi connectivity index (χ4n) is 3.44. The van der Waals surface area contributed by atoms with E-state index in [4.69, 9.17) is 9.47 Å². The highest BCUT2D eigenvalue weighted by atomic mass is 32.2. The number of hydrogen-bond acceptors (Lipinski definition) is 6. The van der Waals surface area contributed by atoms with Gasteiger partial charge in [-0.25, -0.2) is 8.42 Å². The first-order valence-electron chi connectivity index (χ1n) is 11.2. The zero-order chi connectivity index (χ0) is 24.4. The number of carbonyl (C=O) groups is 1. The molecule has 2 aromatic carbocycles. The van der Waals surface area contributed by atoms with Crippen molar-refractivity contribution in [1.82, 2.24) is 9.21 Å². The summed E-state index contributed by atoms with van der Waals surface area (Å²) in [6, 6.07) is 12.4. The molecule has 0 saturated heterocycles. The van der Waals surface area contributed by atoms with Crippen LogP contribution in [-0.4, -0.2) is 63.4 Å². The van der Waals surface area contributed by atoms with Crippen LogP contribution in [0, 0.1) is 0 Å². The van der Waals surface area contributed by atoms with Gasteiger partial charge < -0.3 is 14.8 Å². The van der Waals surface area contributed by atoms with Crippen LogP contribution >= 0.6 is 0 Å². The zero-order valence-corrected chi connectivity index (χ0v) is 20.9. The highest BCUT2D eigenvalue weighted by Crippen LogP contribution is 2.30. The molecular formula is C24H35N3O5S. The molecule has 0 saturated carbocycles. The first-order valence-corrected chi connectivity index (χ1v) is 12.7. The van der Waals surface area contributed by atoms with Crippen LogP contribution in [0.1, 0.15) is 33.3 Å². The predicted molar refractivity (Wildman–Crippen MR) is 130 cm³/mol. The molecule has 0 heterocycles. The number of sulfonamides is 1. The van der Waals surface area contributed by atoms with Crippen LogP contribution in [-0.2, 0) is 21.4 Å². The highest BCUT2D eigenvalue weighted by molar-refractivity contribution is 7.89. The second-order valence-corrected chi connectivity index (χ2v) is 9.39. The Morgan fingerprint density at radius 2 is 1.58 bits per heavy atom. The van der Waals surface area contributed by atoms with Gasteiger partial charge in [0.25, 0.3) is 0 Å². The summed E-state index contributed by atoms with van der Waals surface area (Å²) in [7, 11) is -1.90. The van der Waals surface area contributed by atoms with Crippen molar-refractivity contribution in [1.29, 1.82) is 0 Å². The zero-order valence-electron chi connectivity index (χ0n) is 20.1. The molecule has 0 atom stereocenters. The van der Waals surface area contributed by atoms with E-state index in [1.165, 1.54) is 10.4 Å². The first-order chi connectivity index (χ1) is 15.7. The summed E-state index contributed by atoms with van der Waals surface area (Å²) in [5, 5.41) is 2.80. The van der Waals surface area contributed by atoms with Gasteiger partial charge in [0, 0.05) is 25.3 Å². The summed E-state index contributed by atoms with van der Waals surface area (Å²) >= 11 is 0. The van der Waals surface area contributed by atoms with Gasteiger partial charge in [0.15, 0.2) is 0 Å². The fourth-order valence-corrected chi connectivity index (χ4v) is 5.05. The summed E-state index contributed by atoms with van der Waals surface area (Å²) in [4.78, 5) is 14.5. The van der Waals surface area contributed by atoms with E-state index >= 15 is 0 Å². The lowest BCUT2D eigenvalue weighted by Gasteiger charge is -2.21. The van der Waals surface area contributed by atoms with Crippen LogP contribution in [0.5, 0.6) is 11.5 Å². The normalized spacial score (nSPS) is 11.6. The largest absolute Gasteiger partial charge is 0.494 e. The quantitative estimate of drug-likeness (QED) is 0.474. The minimum atomic E-state index is -3.75. The monoisotopic (exact) mass is 477 g/mol. The van der Waals surface area contributed by atoms with Gasteiger partial charge in [-0.2, -0.15) is 4.31 Å². The Kier molecular flexibility index (Phi) is 10.1. The maximum Gasteiger partial charge on any atom is 0.246 e. The number of nitrogens with zero attached hydrogens (tertiary/aromatic N) is 2. The average molecular weight is 478 g/mol. The number of rotatable bonds is 13. The Balaban J connectivity index is 2.10. The van der Waals surface area contributed by atoms with Crippen molar-refractivity contribution in [2.75, 3.05) is 45.2 Å². The minimum absolute atomic E-state index is 0.0496. The van der Waals surface area contributed by atoms with Crippen LogP contribution in [0.15, 0.2) is 47.4 Å². The molecular weight excluding hydrogens is 442 g/mol. The standard InChI is InChI=1S/C24H35N3O5S/c1-6-27(7-2)33(29,30)23-16-20(12-15-22(23)32-9-4)25-24(28)18-26(5)17-19-10-13-21(14-11-19)31-8-3/h10-16H,6-9,17-18H2,1-5H3,(H,25,28). The Hall–Kier alpha value is -2.62. The van der Waals surface area contributed by atoms with Gasteiger partial charge in [0.05, 0.1) is 19.8 Å². The maximum atomic E-state index is 13.1. The molecule has 0 fully saturated rings. The maximum absolute atomic E-state index is 13.1. The van der Waals surface area contributed by atoms with Gasteiger partial charge in [-0.15, -0.1) is 0 Å². The lowest BCUT2D eigenvalue weighted by Crippen LogP contribution is -2.31. The molecule has 33 heavy (non-hydrogen) atoms. The number of hydrogen-bond donors (Lipinski definition) is 1. The SMILES string of the molecule is CCOc1ccc(CN(C)CC(=O)Nc2ccc(OCC)c(S(=O)(=O)N(CC)CC)c2)cc1. The molecule has 8 nitrogen and oxygen atoms in total. The Labute approximate surface area is 197 Å². The third kappa shape index (κ3) is 7.45. The molecule has 2 aromatic rings. The van der Waals surface area contributed by atoms with Gasteiger partial charge in [-0.1, -0.05) is 26.0 Å². The van der Waals surface area contributed by atoms with Crippen LogP contribution in [0.25, 0.3) is 0 Å². The number of benzene rings is 2. The van der Waals surface area contributed by atoms with Crippen molar-refractivity contribution in [2.24, 2.45) is 0 Å². The summed E-state index contributed by atoms with van der Waals surface area (Å²) in [6.07, 6.45) is 0. The van der Waals surface area contributed by atoms with E-state index in [0.29, 0.717) is 38.5 Å². The van der Waals surface area contributed by atoms with Gasteiger partial charge in [-0.3, -0.25) is 9.69 Å². The minimum Gasteiger partial charge on any atom is -0.494 e. The number of nitrogens with one attached hydrogen (secondary N) is 1. The number of likely N-dealkylation sites (N-methyl/N-ethyl adjacent to an activating group) is 1. The summed E-state index contributed by atoms with van der Waals surface area (Å²) in [5.41, 5.74) is 1.46. The van der Waals surface area contributed by atoms with Gasteiger partial charge in [0.2, 0.25) is 15.9 Å². The average Bonchev–Trinajstić information content (AvgIpc) is 2.77. The Morgan fingerprint density at radius 1 is 0.939 bits per heavy atom. The van der Waals surface area contributed by atoms with Crippen LogP contribution < -0.4 is 14.8 Å². The lowest BCUT2D eigenvalue weighted by atomic mass is 10.2. The van der Waals surface area contributed by atoms with E-state index in [0.717, 1.165) is 11.3 Å². The van der Waals surface area contributed by atoms with E-state index in [9.17, 15) is 13.2 Å². The summed E-state index contributed by atoms with van der Waals surface area (Å²) < 4.78 is 38.5. The first kappa shape index (κ1) is 26.6. The summed E-state index contributed by atoms with van der Waals surface area (Å²) in [5.74, 6) is 0.849.